The predicted octanol–water partition coefficient (Wildman–Crippen LogP) is 3.67. The number of benzene rings is 1. The summed E-state index contributed by atoms with van der Waals surface area (Å²) >= 11 is 0. The fourth-order valence-corrected chi connectivity index (χ4v) is 3.76. The molecule has 1 amide bonds. The number of hydrogen-bond donors (Lipinski definition) is 0. The van der Waals surface area contributed by atoms with Gasteiger partial charge in [0.1, 0.15) is 0 Å². The van der Waals surface area contributed by atoms with Gasteiger partial charge in [-0.1, -0.05) is 6.07 Å². The number of aromatic nitrogens is 2. The Morgan fingerprint density at radius 1 is 1.18 bits per heavy atom. The van der Waals surface area contributed by atoms with E-state index in [1.54, 1.807) is 19.9 Å². The van der Waals surface area contributed by atoms with Crippen LogP contribution in [0.15, 0.2) is 24.3 Å². The maximum atomic E-state index is 13.1. The zero-order valence-corrected chi connectivity index (χ0v) is 16.5. The SMILES string of the molecule is Cc1nn(-c2cccc(C(F)(F)F)c2)c(C)c1C(=O)N1CCC(N(C)C)CC1. The third-order valence-electron chi connectivity index (χ3n) is 5.41. The Kier molecular flexibility index (Phi) is 5.52. The number of nitrogens with zero attached hydrogens (tertiary/aromatic N) is 4. The second kappa shape index (κ2) is 7.58. The molecule has 1 fully saturated rings. The lowest BCUT2D eigenvalue weighted by atomic mass is 10.0. The molecular weight excluding hydrogens is 369 g/mol. The molecule has 1 aliphatic heterocycles. The van der Waals surface area contributed by atoms with Crippen molar-refractivity contribution in [3.8, 4) is 5.69 Å². The standard InChI is InChI=1S/C20H25F3N4O/c1-13-18(19(28)26-10-8-16(9-11-26)25(3)4)14(2)27(24-13)17-7-5-6-15(12-17)20(21,22)23/h5-7,12,16H,8-11H2,1-4H3. The molecule has 2 aromatic rings. The maximum Gasteiger partial charge on any atom is 0.416 e. The minimum absolute atomic E-state index is 0.106. The highest BCUT2D eigenvalue weighted by Gasteiger charge is 2.32. The van der Waals surface area contributed by atoms with Crippen molar-refractivity contribution in [1.29, 1.82) is 0 Å². The zero-order chi connectivity index (χ0) is 20.6. The maximum absolute atomic E-state index is 13.1. The molecule has 28 heavy (non-hydrogen) atoms. The van der Waals surface area contributed by atoms with Gasteiger partial charge in [-0.05, 0) is 59.0 Å². The summed E-state index contributed by atoms with van der Waals surface area (Å²) in [5, 5.41) is 4.36. The molecule has 0 spiro atoms. The summed E-state index contributed by atoms with van der Waals surface area (Å²) in [4.78, 5) is 17.1. The molecule has 1 saturated heterocycles. The van der Waals surface area contributed by atoms with Crippen LogP contribution in [-0.4, -0.2) is 58.7 Å². The summed E-state index contributed by atoms with van der Waals surface area (Å²) in [6, 6.07) is 5.44. The van der Waals surface area contributed by atoms with Crippen LogP contribution >= 0.6 is 0 Å². The van der Waals surface area contributed by atoms with E-state index >= 15 is 0 Å². The van der Waals surface area contributed by atoms with Crippen LogP contribution in [0.4, 0.5) is 13.2 Å². The Morgan fingerprint density at radius 2 is 1.82 bits per heavy atom. The first kappa shape index (κ1) is 20.4. The van der Waals surface area contributed by atoms with E-state index in [-0.39, 0.29) is 5.91 Å². The van der Waals surface area contributed by atoms with Crippen LogP contribution in [0.5, 0.6) is 0 Å². The van der Waals surface area contributed by atoms with Gasteiger partial charge in [-0.15, -0.1) is 0 Å². The highest BCUT2D eigenvalue weighted by atomic mass is 19.4. The Labute approximate surface area is 162 Å². The average Bonchev–Trinajstić information content (AvgIpc) is 2.95. The molecule has 8 heteroatoms. The van der Waals surface area contributed by atoms with E-state index in [1.807, 2.05) is 19.0 Å². The van der Waals surface area contributed by atoms with E-state index < -0.39 is 11.7 Å². The minimum atomic E-state index is -4.43. The molecule has 1 aliphatic rings. The van der Waals surface area contributed by atoms with E-state index in [9.17, 15) is 18.0 Å². The minimum Gasteiger partial charge on any atom is -0.338 e. The van der Waals surface area contributed by atoms with Gasteiger partial charge in [0, 0.05) is 19.1 Å². The number of piperidine rings is 1. The van der Waals surface area contributed by atoms with E-state index in [0.717, 1.165) is 25.0 Å². The first-order valence-corrected chi connectivity index (χ1v) is 9.29. The summed E-state index contributed by atoms with van der Waals surface area (Å²) in [6.45, 7) is 4.77. The molecule has 0 saturated carbocycles. The molecule has 0 radical (unpaired) electrons. The summed E-state index contributed by atoms with van der Waals surface area (Å²) in [5.41, 5.74) is 1.10. The van der Waals surface area contributed by atoms with Crippen molar-refractivity contribution in [1.82, 2.24) is 19.6 Å². The highest BCUT2D eigenvalue weighted by molar-refractivity contribution is 5.96. The predicted molar refractivity (Wildman–Crippen MR) is 101 cm³/mol. The van der Waals surface area contributed by atoms with Crippen LogP contribution in [0.2, 0.25) is 0 Å². The van der Waals surface area contributed by atoms with Gasteiger partial charge in [0.15, 0.2) is 0 Å². The number of carbonyl (C=O) groups excluding carboxylic acids is 1. The molecule has 3 rings (SSSR count). The smallest absolute Gasteiger partial charge is 0.338 e. The third kappa shape index (κ3) is 3.92. The summed E-state index contributed by atoms with van der Waals surface area (Å²) in [5.74, 6) is -0.106. The van der Waals surface area contributed by atoms with Gasteiger partial charge in [0.05, 0.1) is 28.2 Å². The number of halogens is 3. The van der Waals surface area contributed by atoms with Crippen LogP contribution < -0.4 is 0 Å². The number of likely N-dealkylation sites (tertiary alicyclic amines) is 1. The Balaban J connectivity index is 1.88. The van der Waals surface area contributed by atoms with E-state index in [4.69, 9.17) is 0 Å². The van der Waals surface area contributed by atoms with Crippen LogP contribution in [0, 0.1) is 13.8 Å². The molecule has 1 aromatic carbocycles. The molecule has 0 unspecified atom stereocenters. The van der Waals surface area contributed by atoms with Crippen molar-refractivity contribution in [3.05, 3.63) is 46.8 Å². The molecule has 152 valence electrons. The Bertz CT molecular complexity index is 865. The summed E-state index contributed by atoms with van der Waals surface area (Å²) in [6.07, 6.45) is -2.63. The number of aryl methyl sites for hydroxylation is 1. The van der Waals surface area contributed by atoms with Gasteiger partial charge in [-0.3, -0.25) is 4.79 Å². The van der Waals surface area contributed by atoms with E-state index in [0.29, 0.717) is 41.8 Å². The monoisotopic (exact) mass is 394 g/mol. The number of hydrogen-bond acceptors (Lipinski definition) is 3. The highest BCUT2D eigenvalue weighted by Crippen LogP contribution is 2.31. The lowest BCUT2D eigenvalue weighted by Crippen LogP contribution is -2.44. The van der Waals surface area contributed by atoms with Gasteiger partial charge < -0.3 is 9.80 Å². The number of rotatable bonds is 3. The molecular formula is C20H25F3N4O. The lowest BCUT2D eigenvalue weighted by molar-refractivity contribution is -0.137. The lowest BCUT2D eigenvalue weighted by Gasteiger charge is -2.35. The summed E-state index contributed by atoms with van der Waals surface area (Å²) in [7, 11) is 4.07. The van der Waals surface area contributed by atoms with Gasteiger partial charge in [-0.2, -0.15) is 18.3 Å². The van der Waals surface area contributed by atoms with Gasteiger partial charge in [0.25, 0.3) is 5.91 Å². The fourth-order valence-electron chi connectivity index (χ4n) is 3.76. The van der Waals surface area contributed by atoms with Crippen LogP contribution in [0.1, 0.15) is 40.2 Å². The van der Waals surface area contributed by atoms with Crippen molar-refractivity contribution >= 4 is 5.91 Å². The van der Waals surface area contributed by atoms with Crippen molar-refractivity contribution in [2.45, 2.75) is 38.9 Å². The second-order valence-electron chi connectivity index (χ2n) is 7.49. The first-order valence-electron chi connectivity index (χ1n) is 9.29. The van der Waals surface area contributed by atoms with Crippen LogP contribution in [0.25, 0.3) is 5.69 Å². The second-order valence-corrected chi connectivity index (χ2v) is 7.49. The van der Waals surface area contributed by atoms with Gasteiger partial charge >= 0.3 is 6.18 Å². The normalized spacial score (nSPS) is 16.1. The largest absolute Gasteiger partial charge is 0.416 e. The van der Waals surface area contributed by atoms with Gasteiger partial charge in [-0.25, -0.2) is 4.68 Å². The van der Waals surface area contributed by atoms with Crippen molar-refractivity contribution < 1.29 is 18.0 Å². The molecule has 0 N–H and O–H groups in total. The molecule has 0 aliphatic carbocycles. The van der Waals surface area contributed by atoms with Crippen molar-refractivity contribution in [2.75, 3.05) is 27.2 Å². The van der Waals surface area contributed by atoms with Crippen LogP contribution in [0.3, 0.4) is 0 Å². The fraction of sp³-hybridized carbons (Fsp3) is 0.500. The van der Waals surface area contributed by atoms with E-state index in [2.05, 4.69) is 10.00 Å². The molecule has 2 heterocycles. The first-order chi connectivity index (χ1) is 13.1. The molecule has 1 aromatic heterocycles. The average molecular weight is 394 g/mol. The van der Waals surface area contributed by atoms with Crippen molar-refractivity contribution in [3.63, 3.8) is 0 Å². The van der Waals surface area contributed by atoms with Crippen LogP contribution in [-0.2, 0) is 6.18 Å². The Hall–Kier alpha value is -2.35. The zero-order valence-electron chi connectivity index (χ0n) is 16.5. The quantitative estimate of drug-likeness (QED) is 0.798. The van der Waals surface area contributed by atoms with Crippen molar-refractivity contribution in [2.24, 2.45) is 0 Å². The summed E-state index contributed by atoms with van der Waals surface area (Å²) < 4.78 is 40.5. The molecule has 0 atom stereocenters. The number of alkyl halides is 3. The third-order valence-corrected chi connectivity index (χ3v) is 5.41. The molecule has 0 bridgehead atoms. The van der Waals surface area contributed by atoms with E-state index in [1.165, 1.54) is 10.7 Å². The topological polar surface area (TPSA) is 41.4 Å². The number of amides is 1. The Morgan fingerprint density at radius 3 is 2.39 bits per heavy atom. The molecule has 5 nitrogen and oxygen atoms in total. The number of carbonyl (C=O) groups is 1. The van der Waals surface area contributed by atoms with Gasteiger partial charge in [0.2, 0.25) is 0 Å².